The fourth-order valence-corrected chi connectivity index (χ4v) is 4.84. The molecule has 0 saturated heterocycles. The molecule has 126 valence electrons. The largest absolute Gasteiger partial charge is 0.346 e. The quantitative estimate of drug-likeness (QED) is 0.891. The second kappa shape index (κ2) is 4.91. The van der Waals surface area contributed by atoms with Crippen LogP contribution in [0, 0.1) is 16.7 Å². The summed E-state index contributed by atoms with van der Waals surface area (Å²) >= 11 is 0. The number of aromatic nitrogens is 2. The molecule has 2 aliphatic carbocycles. The third-order valence-electron chi connectivity index (χ3n) is 6.93. The van der Waals surface area contributed by atoms with E-state index >= 15 is 0 Å². The molecule has 1 aromatic carbocycles. The van der Waals surface area contributed by atoms with Crippen LogP contribution in [-0.2, 0) is 0 Å². The number of nitrogens with zero attached hydrogens (tertiary/aromatic N) is 1. The smallest absolute Gasteiger partial charge is 0.287 e. The minimum atomic E-state index is -0.285. The van der Waals surface area contributed by atoms with Gasteiger partial charge in [0.1, 0.15) is 0 Å². The molecular formula is C19H23N3O2. The number of carbonyl (C=O) groups excluding carboxylic acids is 1. The number of hydrogen-bond acceptors (Lipinski definition) is 3. The standard InChI is InChI=1S/C19H23N3O2/c1-18(2)11-8-9-19(18,3)14(10-11)21-17(24)15-20-13-7-5-4-6-12(13)16(23)22-15/h4-7,11,14H,8-10H2,1-3H3,(H,21,24)(H,20,22,23)/t11-,14+,19+/m0/s1. The minimum absolute atomic E-state index is 0.0999. The Balaban J connectivity index is 1.63. The van der Waals surface area contributed by atoms with Gasteiger partial charge in [0, 0.05) is 6.04 Å². The summed E-state index contributed by atoms with van der Waals surface area (Å²) in [6, 6.07) is 7.20. The molecule has 5 nitrogen and oxygen atoms in total. The number of H-pyrrole nitrogens is 1. The summed E-state index contributed by atoms with van der Waals surface area (Å²) in [6.07, 6.45) is 3.38. The molecule has 2 aromatic rings. The van der Waals surface area contributed by atoms with Crippen LogP contribution in [-0.4, -0.2) is 21.9 Å². The van der Waals surface area contributed by atoms with Gasteiger partial charge in [-0.2, -0.15) is 0 Å². The van der Waals surface area contributed by atoms with Crippen LogP contribution in [0.2, 0.25) is 0 Å². The lowest BCUT2D eigenvalue weighted by atomic mass is 9.69. The van der Waals surface area contributed by atoms with E-state index in [2.05, 4.69) is 36.1 Å². The molecule has 0 spiro atoms. The molecule has 1 aromatic heterocycles. The number of carbonyl (C=O) groups is 1. The van der Waals surface area contributed by atoms with Crippen molar-refractivity contribution in [1.82, 2.24) is 15.3 Å². The van der Waals surface area contributed by atoms with E-state index < -0.39 is 0 Å². The first-order valence-corrected chi connectivity index (χ1v) is 8.63. The average molecular weight is 325 g/mol. The Labute approximate surface area is 140 Å². The highest BCUT2D eigenvalue weighted by molar-refractivity contribution is 5.92. The van der Waals surface area contributed by atoms with E-state index in [4.69, 9.17) is 0 Å². The molecule has 2 fully saturated rings. The third-order valence-corrected chi connectivity index (χ3v) is 6.93. The molecule has 0 aliphatic heterocycles. The van der Waals surface area contributed by atoms with Crippen molar-refractivity contribution in [2.45, 2.75) is 46.1 Å². The van der Waals surface area contributed by atoms with Crippen LogP contribution < -0.4 is 10.9 Å². The molecule has 4 rings (SSSR count). The predicted octanol–water partition coefficient (Wildman–Crippen LogP) is 2.87. The molecule has 0 unspecified atom stereocenters. The van der Waals surface area contributed by atoms with E-state index in [1.165, 1.54) is 6.42 Å². The molecule has 0 radical (unpaired) electrons. The van der Waals surface area contributed by atoms with Crippen LogP contribution >= 0.6 is 0 Å². The fourth-order valence-electron chi connectivity index (χ4n) is 4.84. The topological polar surface area (TPSA) is 74.8 Å². The Hall–Kier alpha value is -2.17. The van der Waals surface area contributed by atoms with E-state index in [1.807, 2.05) is 6.07 Å². The normalized spacial score (nSPS) is 30.6. The Morgan fingerprint density at radius 2 is 2.04 bits per heavy atom. The molecular weight excluding hydrogens is 302 g/mol. The second-order valence-electron chi connectivity index (χ2n) is 8.07. The number of nitrogens with one attached hydrogen (secondary N) is 2. The molecule has 2 aliphatic rings. The van der Waals surface area contributed by atoms with Crippen molar-refractivity contribution >= 4 is 16.8 Å². The number of benzene rings is 1. The maximum atomic E-state index is 12.7. The average Bonchev–Trinajstić information content (AvgIpc) is 2.88. The van der Waals surface area contributed by atoms with Crippen molar-refractivity contribution in [2.24, 2.45) is 16.7 Å². The maximum Gasteiger partial charge on any atom is 0.287 e. The van der Waals surface area contributed by atoms with E-state index in [0.29, 0.717) is 16.8 Å². The maximum absolute atomic E-state index is 12.7. The van der Waals surface area contributed by atoms with Crippen LogP contribution in [0.5, 0.6) is 0 Å². The van der Waals surface area contributed by atoms with E-state index in [9.17, 15) is 9.59 Å². The molecule has 2 saturated carbocycles. The second-order valence-corrected chi connectivity index (χ2v) is 8.07. The fraction of sp³-hybridized carbons (Fsp3) is 0.526. The monoisotopic (exact) mass is 325 g/mol. The SMILES string of the molecule is CC1(C)[C@H]2CC[C@]1(C)[C@H](NC(=O)c1nc3ccccc3c(=O)[nH]1)C2. The van der Waals surface area contributed by atoms with Gasteiger partial charge in [0.15, 0.2) is 5.82 Å². The highest BCUT2D eigenvalue weighted by Gasteiger charge is 2.61. The molecule has 2 N–H and O–H groups in total. The molecule has 1 heterocycles. The van der Waals surface area contributed by atoms with Crippen molar-refractivity contribution in [1.29, 1.82) is 0 Å². The summed E-state index contributed by atoms with van der Waals surface area (Å²) in [5.41, 5.74) is 0.607. The van der Waals surface area contributed by atoms with Crippen molar-refractivity contribution in [3.63, 3.8) is 0 Å². The van der Waals surface area contributed by atoms with Crippen molar-refractivity contribution in [2.75, 3.05) is 0 Å². The van der Waals surface area contributed by atoms with Crippen LogP contribution in [0.25, 0.3) is 10.9 Å². The van der Waals surface area contributed by atoms with Gasteiger partial charge in [-0.25, -0.2) is 4.98 Å². The highest BCUT2D eigenvalue weighted by Crippen LogP contribution is 2.65. The Morgan fingerprint density at radius 1 is 1.29 bits per heavy atom. The summed E-state index contributed by atoms with van der Waals surface area (Å²) in [6.45, 7) is 6.90. The molecule has 5 heteroatoms. The third kappa shape index (κ3) is 1.96. The van der Waals surface area contributed by atoms with Crippen molar-refractivity contribution < 1.29 is 4.79 Å². The van der Waals surface area contributed by atoms with Gasteiger partial charge in [0.05, 0.1) is 10.9 Å². The lowest BCUT2D eigenvalue weighted by Crippen LogP contribution is -2.47. The number of amides is 1. The highest BCUT2D eigenvalue weighted by atomic mass is 16.2. The summed E-state index contributed by atoms with van der Waals surface area (Å²) < 4.78 is 0. The lowest BCUT2D eigenvalue weighted by Gasteiger charge is -2.39. The predicted molar refractivity (Wildman–Crippen MR) is 92.8 cm³/mol. The summed E-state index contributed by atoms with van der Waals surface area (Å²) in [7, 11) is 0. The molecule has 3 atom stereocenters. The van der Waals surface area contributed by atoms with Crippen molar-refractivity contribution in [3.8, 4) is 0 Å². The zero-order valence-corrected chi connectivity index (χ0v) is 14.3. The zero-order chi connectivity index (χ0) is 17.1. The van der Waals surface area contributed by atoms with Crippen LogP contribution in [0.15, 0.2) is 29.1 Å². The number of rotatable bonds is 2. The number of aromatic amines is 1. The Kier molecular flexibility index (Phi) is 3.15. The van der Waals surface area contributed by atoms with Gasteiger partial charge in [-0.1, -0.05) is 32.9 Å². The van der Waals surface area contributed by atoms with E-state index in [-0.39, 0.29) is 34.2 Å². The Morgan fingerprint density at radius 3 is 2.71 bits per heavy atom. The number of para-hydroxylation sites is 1. The van der Waals surface area contributed by atoms with Gasteiger partial charge in [-0.05, 0) is 48.1 Å². The summed E-state index contributed by atoms with van der Waals surface area (Å²) in [5.74, 6) is 0.465. The van der Waals surface area contributed by atoms with Crippen LogP contribution in [0.1, 0.15) is 50.7 Å². The minimum Gasteiger partial charge on any atom is -0.346 e. The van der Waals surface area contributed by atoms with E-state index in [1.54, 1.807) is 18.2 Å². The number of fused-ring (bicyclic) bond motifs is 3. The number of hydrogen-bond donors (Lipinski definition) is 2. The van der Waals surface area contributed by atoms with Crippen molar-refractivity contribution in [3.05, 3.63) is 40.4 Å². The zero-order valence-electron chi connectivity index (χ0n) is 14.3. The van der Waals surface area contributed by atoms with Gasteiger partial charge in [-0.15, -0.1) is 0 Å². The summed E-state index contributed by atoms with van der Waals surface area (Å²) in [4.78, 5) is 31.8. The Bertz CT molecular complexity index is 886. The van der Waals surface area contributed by atoms with E-state index in [0.717, 1.165) is 12.8 Å². The molecule has 24 heavy (non-hydrogen) atoms. The van der Waals surface area contributed by atoms with Gasteiger partial charge in [0.2, 0.25) is 0 Å². The van der Waals surface area contributed by atoms with Crippen LogP contribution in [0.3, 0.4) is 0 Å². The molecule has 2 bridgehead atoms. The van der Waals surface area contributed by atoms with Gasteiger partial charge in [0.25, 0.3) is 11.5 Å². The van der Waals surface area contributed by atoms with Gasteiger partial charge >= 0.3 is 0 Å². The van der Waals surface area contributed by atoms with Gasteiger partial charge < -0.3 is 10.3 Å². The molecule has 1 amide bonds. The van der Waals surface area contributed by atoms with Gasteiger partial charge in [-0.3, -0.25) is 9.59 Å². The first kappa shape index (κ1) is 15.4. The van der Waals surface area contributed by atoms with Crippen LogP contribution in [0.4, 0.5) is 0 Å². The summed E-state index contributed by atoms with van der Waals surface area (Å²) in [5, 5.41) is 3.64. The first-order valence-electron chi connectivity index (χ1n) is 8.63. The lowest BCUT2D eigenvalue weighted by molar-refractivity contribution is 0.0816. The first-order chi connectivity index (χ1) is 11.3.